The van der Waals surface area contributed by atoms with Gasteiger partial charge in [0.15, 0.2) is 0 Å². The number of halogens is 1. The normalized spacial score (nSPS) is 10.9. The molecule has 0 aliphatic heterocycles. The van der Waals surface area contributed by atoms with Crippen LogP contribution in [-0.2, 0) is 5.41 Å². The van der Waals surface area contributed by atoms with E-state index in [9.17, 15) is 4.39 Å². The molecule has 2 aromatic rings. The average molecular weight is 269 g/mol. The van der Waals surface area contributed by atoms with E-state index < -0.39 is 0 Å². The van der Waals surface area contributed by atoms with E-state index in [1.54, 1.807) is 36.4 Å². The zero-order valence-corrected chi connectivity index (χ0v) is 11.8. The number of hydrogen-bond donors (Lipinski definition) is 0. The Morgan fingerprint density at radius 3 is 2.15 bits per heavy atom. The monoisotopic (exact) mass is 269 g/mol. The highest BCUT2D eigenvalue weighted by Crippen LogP contribution is 2.30. The van der Waals surface area contributed by atoms with Crippen molar-refractivity contribution in [2.24, 2.45) is 0 Å². The molecule has 2 rings (SSSR count). The Labute approximate surface area is 118 Å². The number of ether oxygens (including phenoxy) is 1. The number of nitrogens with zero attached hydrogens (tertiary/aromatic N) is 1. The lowest BCUT2D eigenvalue weighted by Crippen LogP contribution is -2.13. The first-order chi connectivity index (χ1) is 9.40. The molecule has 3 heteroatoms. The van der Waals surface area contributed by atoms with E-state index in [4.69, 9.17) is 10.00 Å². The van der Waals surface area contributed by atoms with Gasteiger partial charge in [-0.05, 0) is 53.4 Å². The molecule has 0 aliphatic rings. The Balaban J connectivity index is 2.28. The van der Waals surface area contributed by atoms with Crippen molar-refractivity contribution in [2.45, 2.75) is 26.2 Å². The van der Waals surface area contributed by atoms with Gasteiger partial charge in [0.2, 0.25) is 0 Å². The minimum atomic E-state index is -0.284. The van der Waals surface area contributed by atoms with Crippen LogP contribution >= 0.6 is 0 Å². The van der Waals surface area contributed by atoms with E-state index in [0.29, 0.717) is 22.6 Å². The topological polar surface area (TPSA) is 33.0 Å². The van der Waals surface area contributed by atoms with Crippen molar-refractivity contribution in [3.8, 4) is 17.6 Å². The molecule has 0 atom stereocenters. The maximum Gasteiger partial charge on any atom is 0.127 e. The molecule has 0 heterocycles. The smallest absolute Gasteiger partial charge is 0.127 e. The highest BCUT2D eigenvalue weighted by molar-refractivity contribution is 5.39. The summed E-state index contributed by atoms with van der Waals surface area (Å²) in [7, 11) is 0. The van der Waals surface area contributed by atoms with Crippen LogP contribution in [0.15, 0.2) is 42.5 Å². The molecule has 0 aromatic heterocycles. The molecular weight excluding hydrogens is 253 g/mol. The van der Waals surface area contributed by atoms with E-state index >= 15 is 0 Å². The number of benzene rings is 2. The van der Waals surface area contributed by atoms with Gasteiger partial charge < -0.3 is 4.74 Å². The lowest BCUT2D eigenvalue weighted by Gasteiger charge is -2.20. The Morgan fingerprint density at radius 2 is 1.60 bits per heavy atom. The zero-order chi connectivity index (χ0) is 14.8. The van der Waals surface area contributed by atoms with Gasteiger partial charge in [0.25, 0.3) is 0 Å². The zero-order valence-electron chi connectivity index (χ0n) is 11.8. The second kappa shape index (κ2) is 5.34. The minimum Gasteiger partial charge on any atom is -0.457 e. The summed E-state index contributed by atoms with van der Waals surface area (Å²) in [4.78, 5) is 0. The SMILES string of the molecule is CC(C)(C)c1cc(Oc2ccc(C#N)cc2)ccc1F. The third-order valence-corrected chi connectivity index (χ3v) is 2.96. The molecule has 20 heavy (non-hydrogen) atoms. The van der Waals surface area contributed by atoms with Crippen LogP contribution in [0, 0.1) is 17.1 Å². The van der Waals surface area contributed by atoms with Crippen LogP contribution in [0.3, 0.4) is 0 Å². The highest BCUT2D eigenvalue weighted by atomic mass is 19.1. The third-order valence-electron chi connectivity index (χ3n) is 2.96. The Bertz CT molecular complexity index is 648. The van der Waals surface area contributed by atoms with Gasteiger partial charge in [-0.3, -0.25) is 0 Å². The minimum absolute atomic E-state index is 0.232. The predicted molar refractivity (Wildman–Crippen MR) is 76.3 cm³/mol. The second-order valence-electron chi connectivity index (χ2n) is 5.63. The fourth-order valence-corrected chi connectivity index (χ4v) is 1.88. The molecule has 0 saturated carbocycles. The van der Waals surface area contributed by atoms with E-state index in [-0.39, 0.29) is 11.2 Å². The quantitative estimate of drug-likeness (QED) is 0.785. The third kappa shape index (κ3) is 3.16. The van der Waals surface area contributed by atoms with Crippen LogP contribution in [0.5, 0.6) is 11.5 Å². The fraction of sp³-hybridized carbons (Fsp3) is 0.235. The maximum atomic E-state index is 13.8. The molecule has 0 saturated heterocycles. The van der Waals surface area contributed by atoms with Crippen molar-refractivity contribution in [1.29, 1.82) is 5.26 Å². The van der Waals surface area contributed by atoms with Gasteiger partial charge in [0, 0.05) is 0 Å². The van der Waals surface area contributed by atoms with Gasteiger partial charge in [0.1, 0.15) is 17.3 Å². The summed E-state index contributed by atoms with van der Waals surface area (Å²) in [5.74, 6) is 0.973. The fourth-order valence-electron chi connectivity index (χ4n) is 1.88. The first-order valence-corrected chi connectivity index (χ1v) is 6.38. The van der Waals surface area contributed by atoms with Crippen LogP contribution in [0.2, 0.25) is 0 Å². The van der Waals surface area contributed by atoms with E-state index in [1.165, 1.54) is 6.07 Å². The molecule has 0 unspecified atom stereocenters. The van der Waals surface area contributed by atoms with Crippen LogP contribution in [0.1, 0.15) is 31.9 Å². The summed E-state index contributed by atoms with van der Waals surface area (Å²) in [5.41, 5.74) is 0.907. The van der Waals surface area contributed by atoms with Gasteiger partial charge in [-0.1, -0.05) is 20.8 Å². The van der Waals surface area contributed by atoms with Crippen LogP contribution in [0.25, 0.3) is 0 Å². The van der Waals surface area contributed by atoms with Crippen molar-refractivity contribution in [3.63, 3.8) is 0 Å². The van der Waals surface area contributed by atoms with Crippen molar-refractivity contribution < 1.29 is 9.13 Å². The molecule has 0 fully saturated rings. The highest BCUT2D eigenvalue weighted by Gasteiger charge is 2.19. The lowest BCUT2D eigenvalue weighted by molar-refractivity contribution is 0.469. The number of nitriles is 1. The lowest BCUT2D eigenvalue weighted by atomic mass is 9.86. The summed E-state index contributed by atoms with van der Waals surface area (Å²) in [5, 5.41) is 8.74. The van der Waals surface area contributed by atoms with Gasteiger partial charge in [0.05, 0.1) is 11.6 Å². The molecule has 0 radical (unpaired) electrons. The van der Waals surface area contributed by atoms with Gasteiger partial charge >= 0.3 is 0 Å². The number of rotatable bonds is 2. The van der Waals surface area contributed by atoms with Crippen molar-refractivity contribution in [3.05, 3.63) is 59.4 Å². The molecule has 0 spiro atoms. The first kappa shape index (κ1) is 14.1. The summed E-state index contributed by atoms with van der Waals surface area (Å²) in [6.07, 6.45) is 0. The second-order valence-corrected chi connectivity index (χ2v) is 5.63. The van der Waals surface area contributed by atoms with Gasteiger partial charge in [-0.2, -0.15) is 5.26 Å². The maximum absolute atomic E-state index is 13.8. The van der Waals surface area contributed by atoms with Crippen molar-refractivity contribution in [1.82, 2.24) is 0 Å². The average Bonchev–Trinajstić information content (AvgIpc) is 2.40. The standard InChI is InChI=1S/C17H16FNO/c1-17(2,3)15-10-14(8-9-16(15)18)20-13-6-4-12(11-19)5-7-13/h4-10H,1-3H3. The Morgan fingerprint density at radius 1 is 1.00 bits per heavy atom. The van der Waals surface area contributed by atoms with Gasteiger partial charge in [-0.15, -0.1) is 0 Å². The molecule has 0 aliphatic carbocycles. The van der Waals surface area contributed by atoms with Crippen molar-refractivity contribution >= 4 is 0 Å². The molecule has 0 amide bonds. The summed E-state index contributed by atoms with van der Waals surface area (Å²) in [6.45, 7) is 5.87. The summed E-state index contributed by atoms with van der Waals surface area (Å²) < 4.78 is 19.5. The Hall–Kier alpha value is -2.34. The molecular formula is C17H16FNO. The largest absolute Gasteiger partial charge is 0.457 e. The van der Waals surface area contributed by atoms with E-state index in [0.717, 1.165) is 0 Å². The summed E-state index contributed by atoms with van der Waals surface area (Å²) in [6, 6.07) is 13.6. The van der Waals surface area contributed by atoms with E-state index in [2.05, 4.69) is 0 Å². The molecule has 102 valence electrons. The molecule has 2 aromatic carbocycles. The molecule has 0 N–H and O–H groups in total. The number of hydrogen-bond acceptors (Lipinski definition) is 2. The Kier molecular flexibility index (Phi) is 3.76. The van der Waals surface area contributed by atoms with Crippen LogP contribution in [-0.4, -0.2) is 0 Å². The molecule has 0 bridgehead atoms. The van der Waals surface area contributed by atoms with Gasteiger partial charge in [-0.25, -0.2) is 4.39 Å². The van der Waals surface area contributed by atoms with Crippen molar-refractivity contribution in [2.75, 3.05) is 0 Å². The van der Waals surface area contributed by atoms with Crippen LogP contribution in [0.4, 0.5) is 4.39 Å². The summed E-state index contributed by atoms with van der Waals surface area (Å²) >= 11 is 0. The predicted octanol–water partition coefficient (Wildman–Crippen LogP) is 4.79. The molecule has 2 nitrogen and oxygen atoms in total. The van der Waals surface area contributed by atoms with Crippen LogP contribution < -0.4 is 4.74 Å². The van der Waals surface area contributed by atoms with E-state index in [1.807, 2.05) is 26.8 Å². The first-order valence-electron chi connectivity index (χ1n) is 6.38.